The number of pyridine rings is 1. The first-order chi connectivity index (χ1) is 13.6. The van der Waals surface area contributed by atoms with E-state index in [-0.39, 0.29) is 19.1 Å². The van der Waals surface area contributed by atoms with Gasteiger partial charge in [-0.2, -0.15) is 5.10 Å². The minimum atomic E-state index is -0.447. The fraction of sp³-hybridized carbons (Fsp3) is 0.250. The van der Waals surface area contributed by atoms with Crippen LogP contribution in [0.4, 0.5) is 5.69 Å². The third kappa shape index (κ3) is 5.17. The number of halogens is 1. The molecule has 0 saturated carbocycles. The van der Waals surface area contributed by atoms with Gasteiger partial charge in [0, 0.05) is 16.4 Å². The lowest BCUT2D eigenvalue weighted by Gasteiger charge is -2.07. The summed E-state index contributed by atoms with van der Waals surface area (Å²) in [4.78, 5) is 24.1. The molecule has 0 aliphatic carbocycles. The summed E-state index contributed by atoms with van der Waals surface area (Å²) in [7, 11) is 0. The zero-order valence-corrected chi connectivity index (χ0v) is 16.9. The van der Waals surface area contributed by atoms with Crippen LogP contribution < -0.4 is 5.32 Å². The molecule has 0 bridgehead atoms. The van der Waals surface area contributed by atoms with Crippen LogP contribution in [0.1, 0.15) is 22.8 Å². The Morgan fingerprint density at radius 1 is 1.21 bits per heavy atom. The van der Waals surface area contributed by atoms with Crippen molar-refractivity contribution in [1.82, 2.24) is 9.61 Å². The molecule has 0 saturated heterocycles. The van der Waals surface area contributed by atoms with Crippen LogP contribution in [-0.2, 0) is 20.7 Å². The minimum Gasteiger partial charge on any atom is -0.462 e. The number of anilines is 1. The first kappa shape index (κ1) is 20.0. The van der Waals surface area contributed by atoms with Crippen molar-refractivity contribution in [2.24, 2.45) is 0 Å². The Bertz CT molecular complexity index is 969. The summed E-state index contributed by atoms with van der Waals surface area (Å²) < 4.78 is 13.1. The number of carbonyl (C=O) groups is 2. The van der Waals surface area contributed by atoms with Gasteiger partial charge in [-0.15, -0.1) is 0 Å². The van der Waals surface area contributed by atoms with Gasteiger partial charge in [-0.25, -0.2) is 9.31 Å². The predicted octanol–water partition coefficient (Wildman–Crippen LogP) is 3.47. The Balaban J connectivity index is 1.53. The fourth-order valence-electron chi connectivity index (χ4n) is 2.63. The molecule has 1 amide bonds. The summed E-state index contributed by atoms with van der Waals surface area (Å²) in [5.41, 5.74) is 2.61. The number of esters is 1. The van der Waals surface area contributed by atoms with Crippen LogP contribution in [0.3, 0.4) is 0 Å². The van der Waals surface area contributed by atoms with Crippen molar-refractivity contribution in [3.63, 3.8) is 0 Å². The van der Waals surface area contributed by atoms with E-state index in [0.717, 1.165) is 16.5 Å². The van der Waals surface area contributed by atoms with Gasteiger partial charge in [-0.3, -0.25) is 4.79 Å². The van der Waals surface area contributed by atoms with Crippen molar-refractivity contribution in [2.45, 2.75) is 13.3 Å². The molecule has 8 heteroatoms. The van der Waals surface area contributed by atoms with E-state index in [1.54, 1.807) is 29.8 Å². The fourth-order valence-corrected chi connectivity index (χ4v) is 2.89. The molecule has 2 aromatic heterocycles. The molecule has 2 heterocycles. The van der Waals surface area contributed by atoms with E-state index in [9.17, 15) is 9.59 Å². The van der Waals surface area contributed by atoms with Crippen molar-refractivity contribution in [1.29, 1.82) is 0 Å². The quantitative estimate of drug-likeness (QED) is 0.423. The van der Waals surface area contributed by atoms with Crippen LogP contribution in [0.15, 0.2) is 53.3 Å². The lowest BCUT2D eigenvalue weighted by Crippen LogP contribution is -2.19. The van der Waals surface area contributed by atoms with Crippen molar-refractivity contribution in [3.8, 4) is 0 Å². The van der Waals surface area contributed by atoms with Crippen LogP contribution in [0.5, 0.6) is 0 Å². The Kier molecular flexibility index (Phi) is 6.78. The van der Waals surface area contributed by atoms with Gasteiger partial charge in [-0.05, 0) is 43.2 Å². The average molecular weight is 446 g/mol. The van der Waals surface area contributed by atoms with Gasteiger partial charge in [0.15, 0.2) is 0 Å². The van der Waals surface area contributed by atoms with Crippen LogP contribution in [0, 0.1) is 0 Å². The Morgan fingerprint density at radius 2 is 2.00 bits per heavy atom. The molecule has 3 aromatic rings. The zero-order valence-electron chi connectivity index (χ0n) is 15.4. The number of fused-ring (bicyclic) bond motifs is 1. The predicted molar refractivity (Wildman–Crippen MR) is 108 cm³/mol. The van der Waals surface area contributed by atoms with Crippen molar-refractivity contribution < 1.29 is 19.1 Å². The van der Waals surface area contributed by atoms with Gasteiger partial charge >= 0.3 is 5.97 Å². The molecule has 146 valence electrons. The second-order valence-electron chi connectivity index (χ2n) is 6.00. The van der Waals surface area contributed by atoms with Crippen LogP contribution in [0.2, 0.25) is 0 Å². The molecule has 0 aliphatic heterocycles. The molecule has 0 radical (unpaired) electrons. The van der Waals surface area contributed by atoms with Crippen molar-refractivity contribution in [3.05, 3.63) is 64.4 Å². The number of amides is 1. The second kappa shape index (κ2) is 9.48. The molecule has 0 spiro atoms. The van der Waals surface area contributed by atoms with E-state index in [1.165, 1.54) is 6.20 Å². The van der Waals surface area contributed by atoms with E-state index in [2.05, 4.69) is 26.3 Å². The van der Waals surface area contributed by atoms with Crippen molar-refractivity contribution in [2.75, 3.05) is 25.1 Å². The summed E-state index contributed by atoms with van der Waals surface area (Å²) in [6.45, 7) is 2.42. The van der Waals surface area contributed by atoms with Gasteiger partial charge in [0.2, 0.25) is 5.91 Å². The van der Waals surface area contributed by atoms with E-state index >= 15 is 0 Å². The molecular formula is C20H20BrN3O4. The number of carbonyl (C=O) groups excluding carboxylic acids is 2. The topological polar surface area (TPSA) is 81.9 Å². The standard InChI is InChI=1S/C20H20BrN3O4/c1-2-28-20(26)17-12-22-24-9-7-16(11-18(17)24)23-19(25)13-27-10-8-14-3-5-15(21)6-4-14/h3-7,9,11-12H,2,8,10,13H2,1H3,(H,23,25). The summed E-state index contributed by atoms with van der Waals surface area (Å²) in [5.74, 6) is -0.713. The van der Waals surface area contributed by atoms with E-state index in [1.807, 2.05) is 24.3 Å². The molecule has 1 N–H and O–H groups in total. The van der Waals surface area contributed by atoms with Gasteiger partial charge in [-0.1, -0.05) is 28.1 Å². The highest BCUT2D eigenvalue weighted by Gasteiger charge is 2.14. The average Bonchev–Trinajstić information content (AvgIpc) is 3.10. The number of rotatable bonds is 8. The number of nitrogens with zero attached hydrogens (tertiary/aromatic N) is 2. The van der Waals surface area contributed by atoms with Gasteiger partial charge < -0.3 is 14.8 Å². The molecule has 7 nitrogen and oxygen atoms in total. The highest BCUT2D eigenvalue weighted by molar-refractivity contribution is 9.10. The molecule has 1 aromatic carbocycles. The number of benzene rings is 1. The normalized spacial score (nSPS) is 10.8. The van der Waals surface area contributed by atoms with Gasteiger partial charge in [0.05, 0.1) is 24.9 Å². The third-order valence-electron chi connectivity index (χ3n) is 3.98. The maximum absolute atomic E-state index is 12.1. The minimum absolute atomic E-state index is 0.0499. The number of hydrogen-bond acceptors (Lipinski definition) is 5. The number of nitrogens with one attached hydrogen (secondary N) is 1. The first-order valence-corrected chi connectivity index (χ1v) is 9.62. The van der Waals surface area contributed by atoms with Crippen molar-refractivity contribution >= 4 is 39.0 Å². The summed E-state index contributed by atoms with van der Waals surface area (Å²) in [6.07, 6.45) is 3.84. The zero-order chi connectivity index (χ0) is 19.9. The molecular weight excluding hydrogens is 426 g/mol. The Morgan fingerprint density at radius 3 is 2.75 bits per heavy atom. The Labute approximate surface area is 170 Å². The molecule has 0 atom stereocenters. The summed E-state index contributed by atoms with van der Waals surface area (Å²) in [6, 6.07) is 11.3. The maximum atomic E-state index is 12.1. The molecule has 0 aliphatic rings. The van der Waals surface area contributed by atoms with E-state index in [4.69, 9.17) is 9.47 Å². The second-order valence-corrected chi connectivity index (χ2v) is 6.92. The largest absolute Gasteiger partial charge is 0.462 e. The monoisotopic (exact) mass is 445 g/mol. The van der Waals surface area contributed by atoms with Crippen LogP contribution >= 0.6 is 15.9 Å². The third-order valence-corrected chi connectivity index (χ3v) is 4.51. The highest BCUT2D eigenvalue weighted by Crippen LogP contribution is 2.17. The van der Waals surface area contributed by atoms with Crippen LogP contribution in [-0.4, -0.2) is 41.3 Å². The number of ether oxygens (including phenoxy) is 2. The Hall–Kier alpha value is -2.71. The van der Waals surface area contributed by atoms with Crippen LogP contribution in [0.25, 0.3) is 5.52 Å². The van der Waals surface area contributed by atoms with E-state index in [0.29, 0.717) is 23.4 Å². The maximum Gasteiger partial charge on any atom is 0.341 e. The van der Waals surface area contributed by atoms with Gasteiger partial charge in [0.1, 0.15) is 12.2 Å². The molecule has 3 rings (SSSR count). The number of hydrogen-bond donors (Lipinski definition) is 1. The SMILES string of the molecule is CCOC(=O)c1cnn2ccc(NC(=O)COCCc3ccc(Br)cc3)cc12. The summed E-state index contributed by atoms with van der Waals surface area (Å²) in [5, 5.41) is 6.88. The summed E-state index contributed by atoms with van der Waals surface area (Å²) >= 11 is 3.40. The van der Waals surface area contributed by atoms with Gasteiger partial charge in [0.25, 0.3) is 0 Å². The molecule has 0 unspecified atom stereocenters. The molecule has 0 fully saturated rings. The first-order valence-electron chi connectivity index (χ1n) is 8.83. The van der Waals surface area contributed by atoms with E-state index < -0.39 is 5.97 Å². The lowest BCUT2D eigenvalue weighted by molar-refractivity contribution is -0.120. The smallest absolute Gasteiger partial charge is 0.341 e. The molecule has 28 heavy (non-hydrogen) atoms. The lowest BCUT2D eigenvalue weighted by atomic mass is 10.2. The highest BCUT2D eigenvalue weighted by atomic mass is 79.9. The number of aromatic nitrogens is 2.